The Morgan fingerprint density at radius 1 is 1.26 bits per heavy atom. The van der Waals surface area contributed by atoms with Crippen LogP contribution in [0.3, 0.4) is 0 Å². The Labute approximate surface area is 142 Å². The first-order chi connectivity index (χ1) is 10.9. The highest BCUT2D eigenvalue weighted by Crippen LogP contribution is 2.28. The summed E-state index contributed by atoms with van der Waals surface area (Å²) < 4.78 is 22.5. The van der Waals surface area contributed by atoms with Crippen LogP contribution in [-0.2, 0) is 9.84 Å². The van der Waals surface area contributed by atoms with E-state index in [4.69, 9.17) is 0 Å². The van der Waals surface area contributed by atoms with E-state index in [1.54, 1.807) is 0 Å². The molecule has 23 heavy (non-hydrogen) atoms. The van der Waals surface area contributed by atoms with Crippen molar-refractivity contribution >= 4 is 15.8 Å². The number of unbranched alkanes of at least 4 members (excludes halogenated alkanes) is 1. The lowest BCUT2D eigenvalue weighted by Gasteiger charge is -2.17. The first-order valence-corrected chi connectivity index (χ1v) is 11.2. The van der Waals surface area contributed by atoms with Gasteiger partial charge in [-0.05, 0) is 32.6 Å². The number of nitrogens with zero attached hydrogens (tertiary/aromatic N) is 1. The van der Waals surface area contributed by atoms with Gasteiger partial charge in [-0.3, -0.25) is 4.99 Å². The van der Waals surface area contributed by atoms with E-state index in [0.29, 0.717) is 6.42 Å². The van der Waals surface area contributed by atoms with Crippen LogP contribution in [0.5, 0.6) is 0 Å². The van der Waals surface area contributed by atoms with E-state index in [1.807, 2.05) is 13.8 Å². The van der Waals surface area contributed by atoms with Crippen LogP contribution in [0.2, 0.25) is 0 Å². The van der Waals surface area contributed by atoms with Crippen molar-refractivity contribution in [1.82, 2.24) is 10.6 Å². The van der Waals surface area contributed by atoms with Crippen molar-refractivity contribution < 1.29 is 8.42 Å². The molecule has 0 aromatic carbocycles. The van der Waals surface area contributed by atoms with E-state index in [2.05, 4.69) is 15.6 Å². The molecule has 1 saturated carbocycles. The Hall–Kier alpha value is -0.780. The van der Waals surface area contributed by atoms with Crippen molar-refractivity contribution in [3.8, 4) is 0 Å². The Kier molecular flexibility index (Phi) is 9.60. The summed E-state index contributed by atoms with van der Waals surface area (Å²) in [5, 5.41) is 6.53. The van der Waals surface area contributed by atoms with Gasteiger partial charge in [-0.25, -0.2) is 8.42 Å². The molecular weight excluding hydrogens is 310 g/mol. The molecule has 0 saturated heterocycles. The minimum Gasteiger partial charge on any atom is -0.357 e. The first-order valence-electron chi connectivity index (χ1n) is 9.13. The monoisotopic (exact) mass is 345 g/mol. The molecule has 0 amide bonds. The lowest BCUT2D eigenvalue weighted by atomic mass is 10.0. The van der Waals surface area contributed by atoms with Crippen molar-refractivity contribution in [3.05, 3.63) is 0 Å². The molecule has 0 radical (unpaired) electrons. The molecule has 136 valence electrons. The average Bonchev–Trinajstić information content (AvgIpc) is 2.97. The molecule has 1 fully saturated rings. The van der Waals surface area contributed by atoms with Gasteiger partial charge in [0.15, 0.2) is 5.96 Å². The molecular formula is C17H35N3O2S. The molecule has 0 spiro atoms. The van der Waals surface area contributed by atoms with Crippen molar-refractivity contribution in [2.75, 3.05) is 25.1 Å². The highest BCUT2D eigenvalue weighted by molar-refractivity contribution is 7.90. The maximum atomic E-state index is 11.2. The van der Waals surface area contributed by atoms with E-state index in [1.165, 1.54) is 44.8 Å². The third-order valence-corrected chi connectivity index (χ3v) is 5.39. The molecule has 0 aromatic rings. The lowest BCUT2D eigenvalue weighted by Crippen LogP contribution is -2.42. The predicted octanol–water partition coefficient (Wildman–Crippen LogP) is 2.73. The summed E-state index contributed by atoms with van der Waals surface area (Å²) >= 11 is 0. The van der Waals surface area contributed by atoms with Crippen LogP contribution in [0, 0.1) is 5.92 Å². The van der Waals surface area contributed by atoms with Gasteiger partial charge < -0.3 is 10.6 Å². The predicted molar refractivity (Wildman–Crippen MR) is 98.7 cm³/mol. The number of hydrogen-bond donors (Lipinski definition) is 2. The summed E-state index contributed by atoms with van der Waals surface area (Å²) in [5.41, 5.74) is 0. The van der Waals surface area contributed by atoms with Gasteiger partial charge in [0.1, 0.15) is 9.84 Å². The maximum Gasteiger partial charge on any atom is 0.191 e. The molecule has 1 aliphatic rings. The van der Waals surface area contributed by atoms with Crippen molar-refractivity contribution in [2.45, 2.75) is 71.3 Å². The fraction of sp³-hybridized carbons (Fsp3) is 0.941. The van der Waals surface area contributed by atoms with Gasteiger partial charge in [-0.1, -0.05) is 38.5 Å². The molecule has 1 rings (SSSR count). The normalized spacial score (nSPS) is 18.1. The van der Waals surface area contributed by atoms with E-state index in [0.717, 1.165) is 31.4 Å². The van der Waals surface area contributed by atoms with Crippen LogP contribution in [-0.4, -0.2) is 45.5 Å². The molecule has 1 aliphatic carbocycles. The minimum absolute atomic E-state index is 0.0982. The minimum atomic E-state index is -2.90. The Morgan fingerprint density at radius 2 is 1.96 bits per heavy atom. The summed E-state index contributed by atoms with van der Waals surface area (Å²) in [4.78, 5) is 4.61. The molecule has 0 bridgehead atoms. The van der Waals surface area contributed by atoms with Gasteiger partial charge in [0.05, 0.1) is 5.75 Å². The van der Waals surface area contributed by atoms with Crippen LogP contribution < -0.4 is 10.6 Å². The first kappa shape index (κ1) is 20.3. The molecule has 2 N–H and O–H groups in total. The summed E-state index contributed by atoms with van der Waals surface area (Å²) in [7, 11) is -2.90. The van der Waals surface area contributed by atoms with Gasteiger partial charge in [0.2, 0.25) is 0 Å². The number of hydrogen-bond acceptors (Lipinski definition) is 3. The number of sulfone groups is 1. The molecule has 5 nitrogen and oxygen atoms in total. The molecule has 0 aliphatic heterocycles. The zero-order valence-electron chi connectivity index (χ0n) is 15.1. The number of nitrogens with one attached hydrogen (secondary N) is 2. The van der Waals surface area contributed by atoms with E-state index in [9.17, 15) is 8.42 Å². The SMILES string of the molecule is CCNC(=NCCCCC1CCCC1)NC(C)CCS(C)(=O)=O. The van der Waals surface area contributed by atoms with Crippen LogP contribution in [0.15, 0.2) is 4.99 Å². The van der Waals surface area contributed by atoms with Crippen LogP contribution in [0.4, 0.5) is 0 Å². The molecule has 1 unspecified atom stereocenters. The number of aliphatic imine (C=N–C) groups is 1. The Balaban J connectivity index is 2.25. The summed E-state index contributed by atoms with van der Waals surface area (Å²) in [6, 6.07) is 0.0982. The Bertz CT molecular complexity index is 443. The van der Waals surface area contributed by atoms with Gasteiger partial charge in [0.25, 0.3) is 0 Å². The number of rotatable bonds is 10. The third kappa shape index (κ3) is 10.6. The zero-order valence-corrected chi connectivity index (χ0v) is 15.9. The molecule has 6 heteroatoms. The Morgan fingerprint density at radius 3 is 2.57 bits per heavy atom. The summed E-state index contributed by atoms with van der Waals surface area (Å²) in [5.74, 6) is 1.97. The second kappa shape index (κ2) is 10.9. The van der Waals surface area contributed by atoms with E-state index >= 15 is 0 Å². The van der Waals surface area contributed by atoms with Gasteiger partial charge >= 0.3 is 0 Å². The molecule has 0 aromatic heterocycles. The van der Waals surface area contributed by atoms with Crippen molar-refractivity contribution in [1.29, 1.82) is 0 Å². The fourth-order valence-corrected chi connectivity index (χ4v) is 3.83. The number of guanidine groups is 1. The topological polar surface area (TPSA) is 70.6 Å². The van der Waals surface area contributed by atoms with Gasteiger partial charge in [-0.15, -0.1) is 0 Å². The summed E-state index contributed by atoms with van der Waals surface area (Å²) in [6.45, 7) is 5.68. The van der Waals surface area contributed by atoms with Gasteiger partial charge in [-0.2, -0.15) is 0 Å². The largest absolute Gasteiger partial charge is 0.357 e. The highest BCUT2D eigenvalue weighted by Gasteiger charge is 2.14. The second-order valence-corrected chi connectivity index (χ2v) is 9.13. The molecule has 1 atom stereocenters. The average molecular weight is 346 g/mol. The zero-order chi connectivity index (χ0) is 17.1. The maximum absolute atomic E-state index is 11.2. The van der Waals surface area contributed by atoms with Crippen LogP contribution >= 0.6 is 0 Å². The smallest absolute Gasteiger partial charge is 0.191 e. The highest BCUT2D eigenvalue weighted by atomic mass is 32.2. The van der Waals surface area contributed by atoms with E-state index < -0.39 is 9.84 Å². The van der Waals surface area contributed by atoms with Crippen molar-refractivity contribution in [2.24, 2.45) is 10.9 Å². The second-order valence-electron chi connectivity index (χ2n) is 6.87. The van der Waals surface area contributed by atoms with Gasteiger partial charge in [0, 0.05) is 25.4 Å². The third-order valence-electron chi connectivity index (χ3n) is 4.41. The van der Waals surface area contributed by atoms with E-state index in [-0.39, 0.29) is 11.8 Å². The lowest BCUT2D eigenvalue weighted by molar-refractivity contribution is 0.475. The van der Waals surface area contributed by atoms with Crippen molar-refractivity contribution in [3.63, 3.8) is 0 Å². The fourth-order valence-electron chi connectivity index (χ4n) is 3.05. The standard InChI is InChI=1S/C17H35N3O2S/c1-4-18-17(20-15(2)12-14-23(3,21)22)19-13-8-7-11-16-9-5-6-10-16/h15-16H,4-14H2,1-3H3,(H2,18,19,20). The van der Waals surface area contributed by atoms with Crippen LogP contribution in [0.25, 0.3) is 0 Å². The molecule has 0 heterocycles. The quantitative estimate of drug-likeness (QED) is 0.363. The summed E-state index contributed by atoms with van der Waals surface area (Å²) in [6.07, 6.45) is 11.3. The van der Waals surface area contributed by atoms with Crippen LogP contribution in [0.1, 0.15) is 65.2 Å².